The molecule has 2 atom stereocenters. The Bertz CT molecular complexity index is 1300. The lowest BCUT2D eigenvalue weighted by Gasteiger charge is -2.14. The highest BCUT2D eigenvalue weighted by atomic mass is 19.4. The van der Waals surface area contributed by atoms with E-state index in [4.69, 9.17) is 10.5 Å². The molecule has 7 nitrogen and oxygen atoms in total. The molecule has 178 valence electrons. The summed E-state index contributed by atoms with van der Waals surface area (Å²) in [5, 5.41) is 3.48. The third-order valence-corrected chi connectivity index (χ3v) is 5.77. The van der Waals surface area contributed by atoms with Gasteiger partial charge in [0.05, 0.1) is 23.9 Å². The predicted octanol–water partition coefficient (Wildman–Crippen LogP) is 3.08. The van der Waals surface area contributed by atoms with Crippen LogP contribution in [0.2, 0.25) is 0 Å². The quantitative estimate of drug-likeness (QED) is 0.476. The maximum atomic E-state index is 13.4. The second kappa shape index (κ2) is 9.30. The molecule has 0 aliphatic carbocycles. The molecule has 0 saturated carbocycles. The van der Waals surface area contributed by atoms with E-state index in [9.17, 15) is 27.6 Å². The number of nitrogens with two attached hydrogens (primary N) is 1. The van der Waals surface area contributed by atoms with Crippen LogP contribution in [0.25, 0.3) is 22.0 Å². The van der Waals surface area contributed by atoms with E-state index in [1.54, 1.807) is 18.2 Å². The van der Waals surface area contributed by atoms with Gasteiger partial charge in [-0.1, -0.05) is 30.3 Å². The number of H-pyrrole nitrogens is 1. The molecule has 1 amide bonds. The summed E-state index contributed by atoms with van der Waals surface area (Å²) in [7, 11) is 0. The summed E-state index contributed by atoms with van der Waals surface area (Å²) in [4.78, 5) is 39.3. The van der Waals surface area contributed by atoms with E-state index in [0.717, 1.165) is 6.07 Å². The van der Waals surface area contributed by atoms with Gasteiger partial charge in [-0.15, -0.1) is 0 Å². The van der Waals surface area contributed by atoms with E-state index in [1.165, 1.54) is 24.3 Å². The molecule has 1 fully saturated rings. The summed E-state index contributed by atoms with van der Waals surface area (Å²) >= 11 is 0. The van der Waals surface area contributed by atoms with Gasteiger partial charge in [0.1, 0.15) is 6.61 Å². The fourth-order valence-electron chi connectivity index (χ4n) is 4.14. The molecule has 1 aliphatic rings. The lowest BCUT2D eigenvalue weighted by atomic mass is 9.93. The maximum Gasteiger partial charge on any atom is 0.417 e. The van der Waals surface area contributed by atoms with Crippen LogP contribution >= 0.6 is 0 Å². The molecular weight excluding hydrogens is 451 g/mol. The molecule has 4 rings (SSSR count). The van der Waals surface area contributed by atoms with Crippen LogP contribution in [0.1, 0.15) is 29.9 Å². The number of esters is 1. The second-order valence-electron chi connectivity index (χ2n) is 8.12. The Morgan fingerprint density at radius 1 is 1.12 bits per heavy atom. The van der Waals surface area contributed by atoms with Crippen molar-refractivity contribution in [1.82, 2.24) is 10.3 Å². The van der Waals surface area contributed by atoms with Gasteiger partial charge in [0.2, 0.25) is 5.91 Å². The number of aromatic nitrogens is 1. The van der Waals surface area contributed by atoms with Gasteiger partial charge in [0.15, 0.2) is 0 Å². The summed E-state index contributed by atoms with van der Waals surface area (Å²) < 4.78 is 45.4. The highest BCUT2D eigenvalue weighted by Crippen LogP contribution is 2.37. The van der Waals surface area contributed by atoms with Crippen molar-refractivity contribution in [2.45, 2.75) is 31.0 Å². The van der Waals surface area contributed by atoms with Crippen LogP contribution in [0.3, 0.4) is 0 Å². The lowest BCUT2D eigenvalue weighted by molar-refractivity contribution is -0.144. The van der Waals surface area contributed by atoms with Crippen LogP contribution in [0.4, 0.5) is 13.2 Å². The van der Waals surface area contributed by atoms with Gasteiger partial charge in [-0.25, -0.2) is 0 Å². The van der Waals surface area contributed by atoms with Gasteiger partial charge in [-0.3, -0.25) is 14.4 Å². The van der Waals surface area contributed by atoms with Crippen LogP contribution in [0.5, 0.6) is 0 Å². The monoisotopic (exact) mass is 473 g/mol. The molecule has 0 bridgehead atoms. The molecule has 1 aliphatic heterocycles. The first-order valence-electron chi connectivity index (χ1n) is 10.7. The van der Waals surface area contributed by atoms with Gasteiger partial charge in [-0.2, -0.15) is 13.2 Å². The molecule has 2 aromatic carbocycles. The SMILES string of the molecule is NCCC(=O)OCC1C[C@H](c2ccc3cc(-c4ccccc4C(F)(F)F)[nH]c(=O)c3c2)C(=O)N1. The minimum absolute atomic E-state index is 0.0250. The van der Waals surface area contributed by atoms with Crippen LogP contribution in [-0.4, -0.2) is 36.1 Å². The number of amides is 1. The molecule has 0 spiro atoms. The Morgan fingerprint density at radius 2 is 1.88 bits per heavy atom. The fraction of sp³-hybridized carbons (Fsp3) is 0.292. The minimum Gasteiger partial charge on any atom is -0.463 e. The number of benzene rings is 2. The molecule has 2 heterocycles. The number of rotatable bonds is 6. The number of aromatic amines is 1. The number of fused-ring (bicyclic) bond motifs is 1. The summed E-state index contributed by atoms with van der Waals surface area (Å²) in [5.41, 5.74) is 4.43. The first kappa shape index (κ1) is 23.5. The highest BCUT2D eigenvalue weighted by molar-refractivity contribution is 5.90. The Labute approximate surface area is 192 Å². The standard InChI is InChI=1S/C24H22F3N3O4/c25-24(26,27)19-4-2-1-3-16(19)20-10-14-6-5-13(9-17(14)23(33)30-20)18-11-15(29-22(18)32)12-34-21(31)7-8-28/h1-6,9-10,15,18H,7-8,11-12,28H2,(H,29,32)(H,30,33)/t15?,18-/m1/s1. The average molecular weight is 473 g/mol. The Balaban J connectivity index is 1.61. The highest BCUT2D eigenvalue weighted by Gasteiger charge is 2.35. The largest absolute Gasteiger partial charge is 0.463 e. The number of ether oxygens (including phenoxy) is 1. The molecule has 1 saturated heterocycles. The van der Waals surface area contributed by atoms with Crippen molar-refractivity contribution >= 4 is 22.6 Å². The zero-order valence-corrected chi connectivity index (χ0v) is 17.9. The number of carbonyl (C=O) groups is 2. The zero-order chi connectivity index (χ0) is 24.5. The first-order chi connectivity index (χ1) is 16.2. The van der Waals surface area contributed by atoms with Gasteiger partial charge in [0.25, 0.3) is 5.56 Å². The smallest absolute Gasteiger partial charge is 0.417 e. The van der Waals surface area contributed by atoms with Gasteiger partial charge in [-0.05, 0) is 35.6 Å². The van der Waals surface area contributed by atoms with Crippen molar-refractivity contribution < 1.29 is 27.5 Å². The van der Waals surface area contributed by atoms with Crippen molar-refractivity contribution in [2.24, 2.45) is 5.73 Å². The van der Waals surface area contributed by atoms with Crippen molar-refractivity contribution in [3.8, 4) is 11.3 Å². The number of alkyl halides is 3. The molecule has 1 aromatic heterocycles. The summed E-state index contributed by atoms with van der Waals surface area (Å²) in [6.07, 6.45) is -4.11. The van der Waals surface area contributed by atoms with Crippen LogP contribution < -0.4 is 16.6 Å². The molecule has 0 radical (unpaired) electrons. The summed E-state index contributed by atoms with van der Waals surface area (Å²) in [6, 6.07) is 11.0. The zero-order valence-electron chi connectivity index (χ0n) is 17.9. The predicted molar refractivity (Wildman–Crippen MR) is 119 cm³/mol. The molecule has 3 aromatic rings. The Hall–Kier alpha value is -3.66. The van der Waals surface area contributed by atoms with E-state index in [-0.39, 0.29) is 48.2 Å². The Morgan fingerprint density at radius 3 is 2.62 bits per heavy atom. The number of hydrogen-bond acceptors (Lipinski definition) is 5. The van der Waals surface area contributed by atoms with E-state index in [2.05, 4.69) is 10.3 Å². The number of halogens is 3. The molecule has 1 unspecified atom stereocenters. The number of carbonyl (C=O) groups excluding carboxylic acids is 2. The average Bonchev–Trinajstić information content (AvgIpc) is 3.17. The minimum atomic E-state index is -4.57. The molecule has 4 N–H and O–H groups in total. The number of hydrogen-bond donors (Lipinski definition) is 3. The number of nitrogens with one attached hydrogen (secondary N) is 2. The maximum absolute atomic E-state index is 13.4. The molecule has 34 heavy (non-hydrogen) atoms. The van der Waals surface area contributed by atoms with Crippen LogP contribution in [0.15, 0.2) is 53.3 Å². The van der Waals surface area contributed by atoms with Crippen molar-refractivity contribution in [2.75, 3.05) is 13.2 Å². The van der Waals surface area contributed by atoms with E-state index in [0.29, 0.717) is 17.4 Å². The van der Waals surface area contributed by atoms with E-state index in [1.807, 2.05) is 0 Å². The van der Waals surface area contributed by atoms with Crippen molar-refractivity contribution in [1.29, 1.82) is 0 Å². The van der Waals surface area contributed by atoms with E-state index < -0.39 is 29.2 Å². The normalized spacial score (nSPS) is 18.2. The van der Waals surface area contributed by atoms with Crippen LogP contribution in [0, 0.1) is 0 Å². The lowest BCUT2D eigenvalue weighted by Crippen LogP contribution is -2.31. The summed E-state index contributed by atoms with van der Waals surface area (Å²) in [5.74, 6) is -1.25. The second-order valence-corrected chi connectivity index (χ2v) is 8.12. The topological polar surface area (TPSA) is 114 Å². The number of pyridine rings is 1. The van der Waals surface area contributed by atoms with Crippen molar-refractivity contribution in [3.05, 3.63) is 70.0 Å². The third kappa shape index (κ3) is 4.81. The third-order valence-electron chi connectivity index (χ3n) is 5.77. The first-order valence-corrected chi connectivity index (χ1v) is 10.7. The van der Waals surface area contributed by atoms with Gasteiger partial charge >= 0.3 is 12.1 Å². The molecule has 10 heteroatoms. The van der Waals surface area contributed by atoms with E-state index >= 15 is 0 Å². The van der Waals surface area contributed by atoms with Crippen LogP contribution in [-0.2, 0) is 20.5 Å². The van der Waals surface area contributed by atoms with Crippen molar-refractivity contribution in [3.63, 3.8) is 0 Å². The molecular formula is C24H22F3N3O4. The fourth-order valence-corrected chi connectivity index (χ4v) is 4.14. The Kier molecular flexibility index (Phi) is 6.43. The van der Waals surface area contributed by atoms with Gasteiger partial charge in [0, 0.05) is 23.2 Å². The van der Waals surface area contributed by atoms with Gasteiger partial charge < -0.3 is 20.8 Å². The summed E-state index contributed by atoms with van der Waals surface area (Å²) in [6.45, 7) is 0.199.